The maximum absolute atomic E-state index is 10.7. The zero-order valence-corrected chi connectivity index (χ0v) is 11.5. The predicted molar refractivity (Wildman–Crippen MR) is 77.2 cm³/mol. The molecule has 2 nitrogen and oxygen atoms in total. The molecule has 1 aliphatic rings. The smallest absolute Gasteiger partial charge is 0.0712 e. The van der Waals surface area contributed by atoms with Gasteiger partial charge in [-0.25, -0.2) is 0 Å². The molecule has 1 saturated heterocycles. The minimum Gasteiger partial charge on any atom is -0.389 e. The molecule has 0 unspecified atom stereocenters. The number of nitrogens with zero attached hydrogens (tertiary/aromatic N) is 1. The molecule has 1 fully saturated rings. The minimum atomic E-state index is -0.504. The van der Waals surface area contributed by atoms with Gasteiger partial charge in [-0.2, -0.15) is 0 Å². The van der Waals surface area contributed by atoms with E-state index in [0.29, 0.717) is 0 Å². The van der Waals surface area contributed by atoms with Crippen LogP contribution in [-0.4, -0.2) is 35.7 Å². The summed E-state index contributed by atoms with van der Waals surface area (Å²) in [6.07, 6.45) is 2.56. The first kappa shape index (κ1) is 12.2. The molecule has 0 saturated carbocycles. The molecule has 2 aromatic rings. The number of benzene rings is 1. The van der Waals surface area contributed by atoms with E-state index in [1.165, 1.54) is 15.6 Å². The van der Waals surface area contributed by atoms with Gasteiger partial charge in [0.15, 0.2) is 0 Å². The quantitative estimate of drug-likeness (QED) is 0.898. The molecule has 1 aromatic heterocycles. The SMILES string of the molecule is CN1CCC(O)(Cc2csc3ccccc23)CC1. The molecule has 0 aliphatic carbocycles. The topological polar surface area (TPSA) is 23.5 Å². The van der Waals surface area contributed by atoms with Crippen molar-refractivity contribution in [2.45, 2.75) is 24.9 Å². The van der Waals surface area contributed by atoms with Crippen molar-refractivity contribution in [1.82, 2.24) is 4.90 Å². The Hall–Kier alpha value is -0.900. The molecule has 1 aliphatic heterocycles. The first-order valence-corrected chi connectivity index (χ1v) is 7.40. The number of likely N-dealkylation sites (tertiary alicyclic amines) is 1. The summed E-state index contributed by atoms with van der Waals surface area (Å²) < 4.78 is 1.32. The second-order valence-electron chi connectivity index (χ2n) is 5.46. The molecule has 0 amide bonds. The molecule has 0 spiro atoms. The Labute approximate surface area is 112 Å². The third-order valence-corrected chi connectivity index (χ3v) is 5.01. The van der Waals surface area contributed by atoms with Crippen molar-refractivity contribution >= 4 is 21.4 Å². The molecule has 0 atom stereocenters. The fraction of sp³-hybridized carbons (Fsp3) is 0.467. The van der Waals surface area contributed by atoms with Gasteiger partial charge in [0, 0.05) is 24.2 Å². The van der Waals surface area contributed by atoms with Gasteiger partial charge < -0.3 is 10.0 Å². The highest BCUT2D eigenvalue weighted by Gasteiger charge is 2.31. The Balaban J connectivity index is 1.84. The Kier molecular flexibility index (Phi) is 3.14. The van der Waals surface area contributed by atoms with Crippen LogP contribution >= 0.6 is 11.3 Å². The van der Waals surface area contributed by atoms with Gasteiger partial charge >= 0.3 is 0 Å². The summed E-state index contributed by atoms with van der Waals surface area (Å²) in [5, 5.41) is 14.2. The second kappa shape index (κ2) is 4.65. The van der Waals surface area contributed by atoms with E-state index in [9.17, 15) is 5.11 Å². The third kappa shape index (κ3) is 2.30. The zero-order valence-electron chi connectivity index (χ0n) is 10.7. The van der Waals surface area contributed by atoms with Gasteiger partial charge in [0.05, 0.1) is 5.60 Å². The summed E-state index contributed by atoms with van der Waals surface area (Å²) >= 11 is 1.78. The Morgan fingerprint density at radius 1 is 1.28 bits per heavy atom. The third-order valence-electron chi connectivity index (χ3n) is 4.00. The van der Waals surface area contributed by atoms with E-state index in [2.05, 4.69) is 41.6 Å². The van der Waals surface area contributed by atoms with Crippen molar-refractivity contribution in [3.8, 4) is 0 Å². The van der Waals surface area contributed by atoms with Crippen LogP contribution < -0.4 is 0 Å². The molecule has 3 heteroatoms. The van der Waals surface area contributed by atoms with Gasteiger partial charge in [0.1, 0.15) is 0 Å². The van der Waals surface area contributed by atoms with E-state index < -0.39 is 5.60 Å². The number of fused-ring (bicyclic) bond motifs is 1. The van der Waals surface area contributed by atoms with Crippen molar-refractivity contribution < 1.29 is 5.11 Å². The average molecular weight is 261 g/mol. The van der Waals surface area contributed by atoms with Gasteiger partial charge in [-0.1, -0.05) is 18.2 Å². The van der Waals surface area contributed by atoms with E-state index in [4.69, 9.17) is 0 Å². The lowest BCUT2D eigenvalue weighted by atomic mass is 9.85. The number of hydrogen-bond donors (Lipinski definition) is 1. The molecule has 3 rings (SSSR count). The van der Waals surface area contributed by atoms with Gasteiger partial charge in [-0.05, 0) is 42.3 Å². The molecule has 96 valence electrons. The Morgan fingerprint density at radius 2 is 2.00 bits per heavy atom. The van der Waals surface area contributed by atoms with Crippen molar-refractivity contribution in [1.29, 1.82) is 0 Å². The summed E-state index contributed by atoms with van der Waals surface area (Å²) in [6, 6.07) is 8.48. The maximum Gasteiger partial charge on any atom is 0.0712 e. The normalized spacial score (nSPS) is 20.3. The van der Waals surface area contributed by atoms with Gasteiger partial charge in [-0.3, -0.25) is 0 Å². The van der Waals surface area contributed by atoms with Gasteiger partial charge in [0.2, 0.25) is 0 Å². The minimum absolute atomic E-state index is 0.504. The zero-order chi connectivity index (χ0) is 12.6. The van der Waals surface area contributed by atoms with E-state index in [1.807, 2.05) is 0 Å². The summed E-state index contributed by atoms with van der Waals surface area (Å²) in [6.45, 7) is 2.00. The van der Waals surface area contributed by atoms with E-state index in [1.54, 1.807) is 11.3 Å². The summed E-state index contributed by atoms with van der Waals surface area (Å²) in [4.78, 5) is 2.29. The number of hydrogen-bond acceptors (Lipinski definition) is 3. The Bertz CT molecular complexity index is 540. The fourth-order valence-electron chi connectivity index (χ4n) is 2.74. The lowest BCUT2D eigenvalue weighted by Gasteiger charge is -2.36. The number of piperidine rings is 1. The number of rotatable bonds is 2. The Morgan fingerprint density at radius 3 is 2.78 bits per heavy atom. The van der Waals surface area contributed by atoms with Crippen LogP contribution in [0.5, 0.6) is 0 Å². The summed E-state index contributed by atoms with van der Waals surface area (Å²) in [5.41, 5.74) is 0.804. The number of thiophene rings is 1. The fourth-order valence-corrected chi connectivity index (χ4v) is 3.70. The van der Waals surface area contributed by atoms with Crippen LogP contribution in [-0.2, 0) is 6.42 Å². The van der Waals surface area contributed by atoms with Crippen LogP contribution in [0.4, 0.5) is 0 Å². The largest absolute Gasteiger partial charge is 0.389 e. The van der Waals surface area contributed by atoms with Crippen molar-refractivity contribution in [2.75, 3.05) is 20.1 Å². The lowest BCUT2D eigenvalue weighted by Crippen LogP contribution is -2.44. The van der Waals surface area contributed by atoms with E-state index in [0.717, 1.165) is 32.4 Å². The van der Waals surface area contributed by atoms with E-state index in [-0.39, 0.29) is 0 Å². The highest BCUT2D eigenvalue weighted by molar-refractivity contribution is 7.17. The first-order valence-electron chi connectivity index (χ1n) is 6.52. The monoisotopic (exact) mass is 261 g/mol. The molecule has 2 heterocycles. The van der Waals surface area contributed by atoms with Gasteiger partial charge in [0.25, 0.3) is 0 Å². The van der Waals surface area contributed by atoms with Crippen LogP contribution in [0.15, 0.2) is 29.6 Å². The van der Waals surface area contributed by atoms with Crippen LogP contribution in [0.1, 0.15) is 18.4 Å². The van der Waals surface area contributed by atoms with Crippen LogP contribution in [0, 0.1) is 0 Å². The number of aliphatic hydroxyl groups is 1. The lowest BCUT2D eigenvalue weighted by molar-refractivity contribution is -0.0147. The highest BCUT2D eigenvalue weighted by atomic mass is 32.1. The molecular formula is C15H19NOS. The molecule has 18 heavy (non-hydrogen) atoms. The van der Waals surface area contributed by atoms with Gasteiger partial charge in [-0.15, -0.1) is 11.3 Å². The molecule has 0 radical (unpaired) electrons. The van der Waals surface area contributed by atoms with Crippen molar-refractivity contribution in [3.63, 3.8) is 0 Å². The molecule has 1 aromatic carbocycles. The van der Waals surface area contributed by atoms with Crippen molar-refractivity contribution in [3.05, 3.63) is 35.2 Å². The summed E-state index contributed by atoms with van der Waals surface area (Å²) in [7, 11) is 2.12. The summed E-state index contributed by atoms with van der Waals surface area (Å²) in [5.74, 6) is 0. The standard InChI is InChI=1S/C15H19NOS/c1-16-8-6-15(17,7-9-16)10-12-11-18-14-5-3-2-4-13(12)14/h2-5,11,17H,6-10H2,1H3. The first-order chi connectivity index (χ1) is 8.66. The second-order valence-corrected chi connectivity index (χ2v) is 6.37. The molecule has 0 bridgehead atoms. The highest BCUT2D eigenvalue weighted by Crippen LogP contribution is 2.32. The molecule has 1 N–H and O–H groups in total. The maximum atomic E-state index is 10.7. The predicted octanol–water partition coefficient (Wildman–Crippen LogP) is 2.90. The van der Waals surface area contributed by atoms with Crippen LogP contribution in [0.25, 0.3) is 10.1 Å². The van der Waals surface area contributed by atoms with Crippen LogP contribution in [0.2, 0.25) is 0 Å². The van der Waals surface area contributed by atoms with E-state index >= 15 is 0 Å². The average Bonchev–Trinajstić information content (AvgIpc) is 2.77. The van der Waals surface area contributed by atoms with Crippen molar-refractivity contribution in [2.24, 2.45) is 0 Å². The van der Waals surface area contributed by atoms with Crippen LogP contribution in [0.3, 0.4) is 0 Å². The molecular weight excluding hydrogens is 242 g/mol.